The van der Waals surface area contributed by atoms with Gasteiger partial charge in [-0.2, -0.15) is 0 Å². The maximum atomic E-state index is 12.0. The molecule has 0 spiro atoms. The monoisotopic (exact) mass is 366 g/mol. The minimum Gasteiger partial charge on any atom is -0.481 e. The van der Waals surface area contributed by atoms with Gasteiger partial charge in [0.05, 0.1) is 17.6 Å². The quantitative estimate of drug-likeness (QED) is 0.750. The van der Waals surface area contributed by atoms with E-state index in [4.69, 9.17) is 16.7 Å². The number of nitrogens with zero attached hydrogens (tertiary/aromatic N) is 1. The van der Waals surface area contributed by atoms with Gasteiger partial charge in [-0.1, -0.05) is 23.7 Å². The third-order valence-corrected chi connectivity index (χ3v) is 4.98. The van der Waals surface area contributed by atoms with Crippen molar-refractivity contribution in [2.45, 2.75) is 32.1 Å². The number of hydrogen-bond acceptors (Lipinski definition) is 4. The third kappa shape index (κ3) is 5.62. The van der Waals surface area contributed by atoms with Crippen LogP contribution in [0.4, 0.5) is 0 Å². The molecule has 0 fully saturated rings. The summed E-state index contributed by atoms with van der Waals surface area (Å²) in [6, 6.07) is 7.03. The number of carboxylic acid groups (broad SMARTS) is 1. The first-order valence-electron chi connectivity index (χ1n) is 7.58. The Morgan fingerprint density at radius 3 is 2.62 bits per heavy atom. The first-order valence-corrected chi connectivity index (χ1v) is 8.84. The summed E-state index contributed by atoms with van der Waals surface area (Å²) in [5.41, 5.74) is 3.57. The Balaban J connectivity index is 1.89. The third-order valence-electron chi connectivity index (χ3n) is 3.73. The number of benzene rings is 1. The number of carbonyl (C=O) groups is 2. The van der Waals surface area contributed by atoms with E-state index < -0.39 is 5.97 Å². The molecule has 0 aliphatic heterocycles. The van der Waals surface area contributed by atoms with E-state index in [-0.39, 0.29) is 24.8 Å². The molecule has 1 amide bonds. The molecule has 0 aliphatic carbocycles. The van der Waals surface area contributed by atoms with Crippen molar-refractivity contribution in [1.29, 1.82) is 0 Å². The highest BCUT2D eigenvalue weighted by Crippen LogP contribution is 2.21. The number of thiazole rings is 1. The predicted octanol–water partition coefficient (Wildman–Crippen LogP) is 3.41. The standard InChI is InChI=1S/C17H19ClN2O3S/c1-11-15(24-10-20-11)6-7-16(21)19-9-13(8-17(22)23)12-2-4-14(18)5-3-12/h2-5,10,13H,6-9H2,1H3,(H,19,21)(H,22,23)/t13-/m1/s1. The van der Waals surface area contributed by atoms with Crippen LogP contribution in [0.1, 0.15) is 34.9 Å². The number of carbonyl (C=O) groups excluding carboxylic acids is 1. The molecule has 1 atom stereocenters. The van der Waals surface area contributed by atoms with Crippen molar-refractivity contribution < 1.29 is 14.7 Å². The Bertz CT molecular complexity index is 700. The summed E-state index contributed by atoms with van der Waals surface area (Å²) >= 11 is 7.40. The van der Waals surface area contributed by atoms with Gasteiger partial charge in [0.1, 0.15) is 0 Å². The van der Waals surface area contributed by atoms with Gasteiger partial charge < -0.3 is 10.4 Å². The normalized spacial score (nSPS) is 11.9. The molecule has 1 aromatic carbocycles. The van der Waals surface area contributed by atoms with Gasteiger partial charge in [0.25, 0.3) is 0 Å². The number of aryl methyl sites for hydroxylation is 2. The van der Waals surface area contributed by atoms with Crippen molar-refractivity contribution in [2.24, 2.45) is 0 Å². The molecule has 7 heteroatoms. The molecule has 0 radical (unpaired) electrons. The van der Waals surface area contributed by atoms with Crippen molar-refractivity contribution in [1.82, 2.24) is 10.3 Å². The number of halogens is 1. The average Bonchev–Trinajstić information content (AvgIpc) is 2.95. The van der Waals surface area contributed by atoms with Gasteiger partial charge in [-0.05, 0) is 31.0 Å². The number of nitrogens with one attached hydrogen (secondary N) is 1. The molecule has 2 aromatic rings. The van der Waals surface area contributed by atoms with Crippen LogP contribution in [0, 0.1) is 6.92 Å². The Labute approximate surface area is 149 Å². The molecule has 128 valence electrons. The molecule has 0 unspecified atom stereocenters. The summed E-state index contributed by atoms with van der Waals surface area (Å²) in [5.74, 6) is -1.27. The van der Waals surface area contributed by atoms with Crippen LogP contribution >= 0.6 is 22.9 Å². The summed E-state index contributed by atoms with van der Waals surface area (Å²) in [7, 11) is 0. The zero-order valence-corrected chi connectivity index (χ0v) is 14.9. The number of rotatable bonds is 8. The number of carboxylic acids is 1. The van der Waals surface area contributed by atoms with E-state index in [0.717, 1.165) is 16.1 Å². The molecule has 2 N–H and O–H groups in total. The van der Waals surface area contributed by atoms with Gasteiger partial charge in [-0.15, -0.1) is 11.3 Å². The van der Waals surface area contributed by atoms with Gasteiger partial charge in [0, 0.05) is 28.8 Å². The summed E-state index contributed by atoms with van der Waals surface area (Å²) in [5, 5.41) is 12.5. The van der Waals surface area contributed by atoms with E-state index in [0.29, 0.717) is 17.9 Å². The molecule has 0 aliphatic rings. The van der Waals surface area contributed by atoms with Crippen molar-refractivity contribution in [3.8, 4) is 0 Å². The SMILES string of the molecule is Cc1ncsc1CCC(=O)NC[C@@H](CC(=O)O)c1ccc(Cl)cc1. The van der Waals surface area contributed by atoms with Crippen LogP contribution in [0.3, 0.4) is 0 Å². The molecule has 5 nitrogen and oxygen atoms in total. The lowest BCUT2D eigenvalue weighted by atomic mass is 9.95. The fraction of sp³-hybridized carbons (Fsp3) is 0.353. The summed E-state index contributed by atoms with van der Waals surface area (Å²) in [6.45, 7) is 2.21. The highest BCUT2D eigenvalue weighted by atomic mass is 35.5. The topological polar surface area (TPSA) is 79.3 Å². The predicted molar refractivity (Wildman–Crippen MR) is 94.6 cm³/mol. The van der Waals surface area contributed by atoms with Crippen molar-refractivity contribution in [2.75, 3.05) is 6.54 Å². The second-order valence-corrected chi connectivity index (χ2v) is 6.89. The van der Waals surface area contributed by atoms with Crippen LogP contribution in [0.15, 0.2) is 29.8 Å². The first kappa shape index (κ1) is 18.4. The minimum absolute atomic E-state index is 0.0458. The van der Waals surface area contributed by atoms with E-state index in [1.165, 1.54) is 0 Å². The Morgan fingerprint density at radius 1 is 1.33 bits per heavy atom. The molecule has 0 saturated carbocycles. The smallest absolute Gasteiger partial charge is 0.304 e. The van der Waals surface area contributed by atoms with Gasteiger partial charge in [0.2, 0.25) is 5.91 Å². The highest BCUT2D eigenvalue weighted by Gasteiger charge is 2.17. The molecular weight excluding hydrogens is 348 g/mol. The van der Waals surface area contributed by atoms with E-state index in [2.05, 4.69) is 10.3 Å². The first-order chi connectivity index (χ1) is 11.5. The molecule has 0 bridgehead atoms. The molecule has 0 saturated heterocycles. The molecule has 24 heavy (non-hydrogen) atoms. The summed E-state index contributed by atoms with van der Waals surface area (Å²) in [6.07, 6.45) is 0.964. The van der Waals surface area contributed by atoms with Gasteiger partial charge in [-0.3, -0.25) is 9.59 Å². The maximum Gasteiger partial charge on any atom is 0.304 e. The molecule has 1 aromatic heterocycles. The van der Waals surface area contributed by atoms with Crippen LogP contribution in [0.25, 0.3) is 0 Å². The zero-order chi connectivity index (χ0) is 17.5. The number of amides is 1. The van der Waals surface area contributed by atoms with E-state index in [1.807, 2.05) is 6.92 Å². The highest BCUT2D eigenvalue weighted by molar-refractivity contribution is 7.09. The van der Waals surface area contributed by atoms with Gasteiger partial charge >= 0.3 is 5.97 Å². The second kappa shape index (κ2) is 8.80. The lowest BCUT2D eigenvalue weighted by molar-refractivity contribution is -0.137. The van der Waals surface area contributed by atoms with Crippen molar-refractivity contribution in [3.63, 3.8) is 0 Å². The molecule has 2 rings (SSSR count). The summed E-state index contributed by atoms with van der Waals surface area (Å²) in [4.78, 5) is 28.4. The fourth-order valence-corrected chi connectivity index (χ4v) is 3.28. The minimum atomic E-state index is -0.899. The van der Waals surface area contributed by atoms with E-state index in [9.17, 15) is 9.59 Å². The number of hydrogen-bond donors (Lipinski definition) is 2. The van der Waals surface area contributed by atoms with E-state index >= 15 is 0 Å². The van der Waals surface area contributed by atoms with Crippen LogP contribution in [-0.2, 0) is 16.0 Å². The molecule has 1 heterocycles. The Morgan fingerprint density at radius 2 is 2.04 bits per heavy atom. The van der Waals surface area contributed by atoms with Gasteiger partial charge in [0.15, 0.2) is 0 Å². The summed E-state index contributed by atoms with van der Waals surface area (Å²) < 4.78 is 0. The average molecular weight is 367 g/mol. The van der Waals surface area contributed by atoms with Crippen molar-refractivity contribution in [3.05, 3.63) is 50.9 Å². The Hall–Kier alpha value is -1.92. The number of aromatic nitrogens is 1. The Kier molecular flexibility index (Phi) is 6.75. The van der Waals surface area contributed by atoms with Gasteiger partial charge in [-0.25, -0.2) is 4.98 Å². The largest absolute Gasteiger partial charge is 0.481 e. The van der Waals surface area contributed by atoms with Crippen LogP contribution in [0.2, 0.25) is 5.02 Å². The van der Waals surface area contributed by atoms with Crippen molar-refractivity contribution >= 4 is 34.8 Å². The zero-order valence-electron chi connectivity index (χ0n) is 13.3. The van der Waals surface area contributed by atoms with Crippen LogP contribution in [-0.4, -0.2) is 28.5 Å². The lowest BCUT2D eigenvalue weighted by Gasteiger charge is -2.16. The van der Waals surface area contributed by atoms with Crippen LogP contribution in [0.5, 0.6) is 0 Å². The molecular formula is C17H19ClN2O3S. The second-order valence-electron chi connectivity index (χ2n) is 5.51. The lowest BCUT2D eigenvalue weighted by Crippen LogP contribution is -2.29. The maximum absolute atomic E-state index is 12.0. The van der Waals surface area contributed by atoms with Crippen LogP contribution < -0.4 is 5.32 Å². The fourth-order valence-electron chi connectivity index (χ4n) is 2.37. The number of aliphatic carboxylic acids is 1. The van der Waals surface area contributed by atoms with E-state index in [1.54, 1.807) is 41.1 Å².